The van der Waals surface area contributed by atoms with Gasteiger partial charge in [0.15, 0.2) is 0 Å². The highest BCUT2D eigenvalue weighted by atomic mass is 79.9. The lowest BCUT2D eigenvalue weighted by Gasteiger charge is -2.13. The van der Waals surface area contributed by atoms with E-state index in [2.05, 4.69) is 22.9 Å². The van der Waals surface area contributed by atoms with E-state index in [1.165, 1.54) is 6.07 Å². The molecule has 2 unspecified atom stereocenters. The van der Waals surface area contributed by atoms with Crippen LogP contribution in [0.25, 0.3) is 0 Å². The molecular weight excluding hydrogens is 261 g/mol. The molecule has 15 heavy (non-hydrogen) atoms. The van der Waals surface area contributed by atoms with Crippen molar-refractivity contribution >= 4 is 15.9 Å². The Bertz CT molecular complexity index is 383. The van der Waals surface area contributed by atoms with Crippen LogP contribution in [0.15, 0.2) is 16.6 Å². The number of nitrogens with two attached hydrogens (primary N) is 1. The lowest BCUT2D eigenvalue weighted by molar-refractivity contribution is 0.193. The van der Waals surface area contributed by atoms with Gasteiger partial charge in [-0.2, -0.15) is 0 Å². The Labute approximate surface area is 96.7 Å². The Balaban J connectivity index is 2.40. The molecule has 0 amide bonds. The third-order valence-electron chi connectivity index (χ3n) is 2.67. The zero-order valence-corrected chi connectivity index (χ0v) is 10.1. The molecule has 1 aliphatic rings. The first-order valence-electron chi connectivity index (χ1n) is 5.05. The van der Waals surface area contributed by atoms with E-state index >= 15 is 0 Å². The van der Waals surface area contributed by atoms with E-state index < -0.39 is 0 Å². The van der Waals surface area contributed by atoms with Gasteiger partial charge in [-0.25, -0.2) is 4.39 Å². The third kappa shape index (κ3) is 1.76. The monoisotopic (exact) mass is 273 g/mol. The summed E-state index contributed by atoms with van der Waals surface area (Å²) in [6.07, 6.45) is 1.73. The summed E-state index contributed by atoms with van der Waals surface area (Å²) in [5.41, 5.74) is 6.46. The van der Waals surface area contributed by atoms with Gasteiger partial charge in [-0.1, -0.05) is 13.3 Å². The molecule has 0 fully saturated rings. The van der Waals surface area contributed by atoms with Crippen LogP contribution in [-0.2, 0) is 0 Å². The summed E-state index contributed by atoms with van der Waals surface area (Å²) < 4.78 is 20.0. The minimum Gasteiger partial charge on any atom is -0.487 e. The number of ether oxygens (including phenoxy) is 1. The molecule has 0 spiro atoms. The molecule has 82 valence electrons. The van der Waals surface area contributed by atoms with Gasteiger partial charge >= 0.3 is 0 Å². The molecule has 0 saturated heterocycles. The molecule has 0 radical (unpaired) electrons. The van der Waals surface area contributed by atoms with E-state index in [4.69, 9.17) is 10.5 Å². The normalized spacial score (nSPS) is 23.7. The second kappa shape index (κ2) is 4.10. The van der Waals surface area contributed by atoms with Crippen LogP contribution in [0.3, 0.4) is 0 Å². The number of benzene rings is 1. The zero-order chi connectivity index (χ0) is 11.0. The van der Waals surface area contributed by atoms with Crippen molar-refractivity contribution in [1.29, 1.82) is 0 Å². The van der Waals surface area contributed by atoms with Gasteiger partial charge in [-0.3, -0.25) is 0 Å². The van der Waals surface area contributed by atoms with Gasteiger partial charge in [0, 0.05) is 0 Å². The molecule has 1 aromatic carbocycles. The fourth-order valence-electron chi connectivity index (χ4n) is 1.91. The number of halogens is 2. The average molecular weight is 274 g/mol. The summed E-state index contributed by atoms with van der Waals surface area (Å²) in [5, 5.41) is 0. The topological polar surface area (TPSA) is 35.2 Å². The molecule has 0 aliphatic carbocycles. The lowest BCUT2D eigenvalue weighted by Crippen LogP contribution is -2.25. The number of hydrogen-bond donors (Lipinski definition) is 1. The molecule has 1 aromatic rings. The second-order valence-electron chi connectivity index (χ2n) is 3.74. The summed E-state index contributed by atoms with van der Waals surface area (Å²) in [5.74, 6) is 0.292. The maximum Gasteiger partial charge on any atom is 0.141 e. The van der Waals surface area contributed by atoms with Crippen molar-refractivity contribution in [2.75, 3.05) is 0 Å². The first-order valence-corrected chi connectivity index (χ1v) is 5.84. The van der Waals surface area contributed by atoms with Gasteiger partial charge in [0.1, 0.15) is 17.7 Å². The van der Waals surface area contributed by atoms with Crippen LogP contribution in [0.2, 0.25) is 0 Å². The van der Waals surface area contributed by atoms with Gasteiger partial charge in [-0.05, 0) is 34.5 Å². The summed E-state index contributed by atoms with van der Waals surface area (Å²) >= 11 is 3.34. The Morgan fingerprint density at radius 2 is 2.27 bits per heavy atom. The van der Waals surface area contributed by atoms with E-state index in [-0.39, 0.29) is 18.0 Å². The third-order valence-corrected chi connectivity index (χ3v) is 3.30. The highest BCUT2D eigenvalue weighted by Crippen LogP contribution is 2.43. The highest BCUT2D eigenvalue weighted by Gasteiger charge is 2.34. The summed E-state index contributed by atoms with van der Waals surface area (Å²) in [6.45, 7) is 2.06. The van der Waals surface area contributed by atoms with Crippen LogP contribution in [0, 0.1) is 5.82 Å². The van der Waals surface area contributed by atoms with Gasteiger partial charge in [0.2, 0.25) is 0 Å². The molecule has 2 atom stereocenters. The Hall–Kier alpha value is -0.610. The molecule has 0 saturated carbocycles. The van der Waals surface area contributed by atoms with Gasteiger partial charge in [0.05, 0.1) is 16.1 Å². The van der Waals surface area contributed by atoms with E-state index in [9.17, 15) is 4.39 Å². The van der Waals surface area contributed by atoms with E-state index in [1.54, 1.807) is 6.07 Å². The quantitative estimate of drug-likeness (QED) is 0.899. The van der Waals surface area contributed by atoms with Gasteiger partial charge < -0.3 is 10.5 Å². The predicted octanol–water partition coefficient (Wildman–Crippen LogP) is 3.15. The van der Waals surface area contributed by atoms with Crippen molar-refractivity contribution in [2.45, 2.75) is 31.9 Å². The van der Waals surface area contributed by atoms with E-state index in [1.807, 2.05) is 0 Å². The molecule has 2 nitrogen and oxygen atoms in total. The predicted molar refractivity (Wildman–Crippen MR) is 60.4 cm³/mol. The Morgan fingerprint density at radius 3 is 2.87 bits per heavy atom. The van der Waals surface area contributed by atoms with E-state index in [0.29, 0.717) is 11.3 Å². The first-order chi connectivity index (χ1) is 7.15. The summed E-state index contributed by atoms with van der Waals surface area (Å²) in [7, 11) is 0. The van der Waals surface area contributed by atoms with Crippen molar-refractivity contribution in [2.24, 2.45) is 5.73 Å². The SMILES string of the molecule is CCCC1Oc2c(Br)ccc(F)c2C1N. The minimum absolute atomic E-state index is 0.0989. The van der Waals surface area contributed by atoms with Crippen LogP contribution >= 0.6 is 15.9 Å². The average Bonchev–Trinajstić information content (AvgIpc) is 2.53. The second-order valence-corrected chi connectivity index (χ2v) is 4.60. The van der Waals surface area contributed by atoms with Crippen molar-refractivity contribution in [3.8, 4) is 5.75 Å². The summed E-state index contributed by atoms with van der Waals surface area (Å²) in [4.78, 5) is 0. The van der Waals surface area contributed by atoms with Crippen LogP contribution in [-0.4, -0.2) is 6.10 Å². The maximum atomic E-state index is 13.6. The summed E-state index contributed by atoms with van der Waals surface area (Å²) in [6, 6.07) is 2.72. The van der Waals surface area contributed by atoms with Crippen LogP contribution in [0.1, 0.15) is 31.4 Å². The highest BCUT2D eigenvalue weighted by molar-refractivity contribution is 9.10. The molecule has 4 heteroatoms. The fraction of sp³-hybridized carbons (Fsp3) is 0.455. The fourth-order valence-corrected chi connectivity index (χ4v) is 2.35. The smallest absolute Gasteiger partial charge is 0.141 e. The lowest BCUT2D eigenvalue weighted by atomic mass is 10.0. The molecule has 1 aliphatic heterocycles. The molecule has 1 heterocycles. The van der Waals surface area contributed by atoms with Gasteiger partial charge in [-0.15, -0.1) is 0 Å². The van der Waals surface area contributed by atoms with Crippen LogP contribution in [0.4, 0.5) is 4.39 Å². The Morgan fingerprint density at radius 1 is 1.53 bits per heavy atom. The van der Waals surface area contributed by atoms with Crippen molar-refractivity contribution in [1.82, 2.24) is 0 Å². The van der Waals surface area contributed by atoms with E-state index in [0.717, 1.165) is 17.3 Å². The largest absolute Gasteiger partial charge is 0.487 e. The number of hydrogen-bond acceptors (Lipinski definition) is 2. The van der Waals surface area contributed by atoms with Gasteiger partial charge in [0.25, 0.3) is 0 Å². The number of rotatable bonds is 2. The first kappa shape index (κ1) is 10.9. The Kier molecular flexibility index (Phi) is 2.98. The standard InChI is InChI=1S/C11H13BrFNO/c1-2-3-8-10(14)9-7(13)5-4-6(12)11(9)15-8/h4-5,8,10H,2-3,14H2,1H3. The van der Waals surface area contributed by atoms with Crippen molar-refractivity contribution < 1.29 is 9.13 Å². The maximum absolute atomic E-state index is 13.6. The zero-order valence-electron chi connectivity index (χ0n) is 8.47. The molecule has 2 N–H and O–H groups in total. The van der Waals surface area contributed by atoms with Crippen LogP contribution in [0.5, 0.6) is 5.75 Å². The molecule has 0 aromatic heterocycles. The van der Waals surface area contributed by atoms with Crippen molar-refractivity contribution in [3.05, 3.63) is 28.0 Å². The van der Waals surface area contributed by atoms with Crippen molar-refractivity contribution in [3.63, 3.8) is 0 Å². The molecule has 0 bridgehead atoms. The minimum atomic E-state index is -0.350. The van der Waals surface area contributed by atoms with Crippen LogP contribution < -0.4 is 10.5 Å². The molecular formula is C11H13BrFNO. The number of fused-ring (bicyclic) bond motifs is 1. The molecule has 2 rings (SSSR count).